The number of rotatable bonds is 6. The van der Waals surface area contributed by atoms with Gasteiger partial charge in [-0.15, -0.1) is 11.3 Å². The van der Waals surface area contributed by atoms with Crippen LogP contribution in [0, 0.1) is 0 Å². The highest BCUT2D eigenvalue weighted by Gasteiger charge is 2.19. The molecule has 1 atom stereocenters. The van der Waals surface area contributed by atoms with Crippen molar-refractivity contribution in [3.63, 3.8) is 0 Å². The van der Waals surface area contributed by atoms with Crippen molar-refractivity contribution in [2.24, 2.45) is 0 Å². The lowest BCUT2D eigenvalue weighted by molar-refractivity contribution is -0.152. The molecule has 1 amide bonds. The zero-order chi connectivity index (χ0) is 19.2. The number of nitrogens with zero attached hydrogens (tertiary/aromatic N) is 1. The van der Waals surface area contributed by atoms with Crippen LogP contribution in [0.3, 0.4) is 0 Å². The number of halogens is 1. The summed E-state index contributed by atoms with van der Waals surface area (Å²) in [6.45, 7) is 1.53. The minimum atomic E-state index is -0.922. The van der Waals surface area contributed by atoms with Gasteiger partial charge in [0, 0.05) is 16.0 Å². The predicted molar refractivity (Wildman–Crippen MR) is 107 cm³/mol. The van der Waals surface area contributed by atoms with Gasteiger partial charge >= 0.3 is 5.97 Å². The number of benzene rings is 2. The molecule has 0 saturated carbocycles. The Kier molecular flexibility index (Phi) is 6.21. The molecule has 1 heterocycles. The topological polar surface area (TPSA) is 68.3 Å². The predicted octanol–water partition coefficient (Wildman–Crippen LogP) is 4.58. The molecule has 5 nitrogen and oxygen atoms in total. The molecule has 3 aromatic rings. The maximum absolute atomic E-state index is 12.3. The molecule has 0 radical (unpaired) electrons. The number of esters is 1. The molecule has 7 heteroatoms. The first-order chi connectivity index (χ1) is 13.0. The highest BCUT2D eigenvalue weighted by atomic mass is 35.5. The fourth-order valence-electron chi connectivity index (χ4n) is 2.34. The third kappa shape index (κ3) is 5.39. The van der Waals surface area contributed by atoms with E-state index in [1.54, 1.807) is 24.3 Å². The number of nitrogens with one attached hydrogen (secondary N) is 1. The minimum absolute atomic E-state index is 0.0736. The Morgan fingerprint density at radius 1 is 1.15 bits per heavy atom. The van der Waals surface area contributed by atoms with E-state index in [-0.39, 0.29) is 6.42 Å². The van der Waals surface area contributed by atoms with Gasteiger partial charge in [0.15, 0.2) is 11.2 Å². The number of hydrogen-bond acceptors (Lipinski definition) is 5. The van der Waals surface area contributed by atoms with E-state index in [2.05, 4.69) is 10.3 Å². The molecule has 0 fully saturated rings. The molecule has 0 aliphatic heterocycles. The van der Waals surface area contributed by atoms with Crippen LogP contribution in [0.1, 0.15) is 12.5 Å². The average molecular weight is 401 g/mol. The molecule has 0 aliphatic carbocycles. The zero-order valence-electron chi connectivity index (χ0n) is 14.5. The normalized spacial score (nSPS) is 11.6. The van der Waals surface area contributed by atoms with Crippen LogP contribution in [-0.2, 0) is 20.7 Å². The van der Waals surface area contributed by atoms with Crippen LogP contribution < -0.4 is 5.32 Å². The highest BCUT2D eigenvalue weighted by Crippen LogP contribution is 2.24. The number of carbonyl (C=O) groups excluding carboxylic acids is 2. The third-order valence-electron chi connectivity index (χ3n) is 3.74. The number of thiazole rings is 1. The van der Waals surface area contributed by atoms with Gasteiger partial charge in [-0.1, -0.05) is 54.1 Å². The fraction of sp³-hybridized carbons (Fsp3) is 0.150. The van der Waals surface area contributed by atoms with Gasteiger partial charge in [-0.25, -0.2) is 4.98 Å². The number of ether oxygens (including phenoxy) is 1. The summed E-state index contributed by atoms with van der Waals surface area (Å²) in [4.78, 5) is 28.6. The molecule has 0 bridgehead atoms. The molecule has 0 aliphatic rings. The van der Waals surface area contributed by atoms with Crippen LogP contribution in [0.15, 0.2) is 60.0 Å². The summed E-state index contributed by atoms with van der Waals surface area (Å²) in [7, 11) is 0. The van der Waals surface area contributed by atoms with E-state index in [1.165, 1.54) is 18.3 Å². The third-order valence-corrected chi connectivity index (χ3v) is 4.75. The Bertz CT molecular complexity index is 926. The lowest BCUT2D eigenvalue weighted by Gasteiger charge is -2.12. The molecule has 3 rings (SSSR count). The summed E-state index contributed by atoms with van der Waals surface area (Å²) in [5.41, 5.74) is 2.52. The molecule has 27 heavy (non-hydrogen) atoms. The van der Waals surface area contributed by atoms with E-state index in [0.29, 0.717) is 10.2 Å². The number of anilines is 1. The summed E-state index contributed by atoms with van der Waals surface area (Å²) in [5, 5.41) is 5.60. The number of amides is 1. The van der Waals surface area contributed by atoms with Gasteiger partial charge in [0.05, 0.1) is 12.1 Å². The van der Waals surface area contributed by atoms with Crippen LogP contribution in [0.5, 0.6) is 0 Å². The van der Waals surface area contributed by atoms with E-state index < -0.39 is 18.0 Å². The van der Waals surface area contributed by atoms with Crippen molar-refractivity contribution in [2.45, 2.75) is 19.4 Å². The van der Waals surface area contributed by atoms with E-state index in [9.17, 15) is 9.59 Å². The van der Waals surface area contributed by atoms with Gasteiger partial charge in [0.2, 0.25) is 0 Å². The monoisotopic (exact) mass is 400 g/mol. The van der Waals surface area contributed by atoms with Crippen molar-refractivity contribution in [3.05, 3.63) is 70.6 Å². The quantitative estimate of drug-likeness (QED) is 0.615. The summed E-state index contributed by atoms with van der Waals surface area (Å²) in [6, 6.07) is 16.6. The van der Waals surface area contributed by atoms with Crippen LogP contribution >= 0.6 is 22.9 Å². The number of aromatic nitrogens is 1. The molecular weight excluding hydrogens is 384 g/mol. The zero-order valence-corrected chi connectivity index (χ0v) is 16.1. The second kappa shape index (κ2) is 8.79. The van der Waals surface area contributed by atoms with Crippen LogP contribution in [0.4, 0.5) is 5.13 Å². The molecule has 0 spiro atoms. The average Bonchev–Trinajstić information content (AvgIpc) is 3.12. The van der Waals surface area contributed by atoms with Gasteiger partial charge in [-0.2, -0.15) is 0 Å². The second-order valence-electron chi connectivity index (χ2n) is 5.83. The van der Waals surface area contributed by atoms with Crippen molar-refractivity contribution < 1.29 is 14.3 Å². The highest BCUT2D eigenvalue weighted by molar-refractivity contribution is 7.14. The Hall–Kier alpha value is -2.70. The van der Waals surface area contributed by atoms with Gasteiger partial charge in [0.25, 0.3) is 5.91 Å². The summed E-state index contributed by atoms with van der Waals surface area (Å²) in [5.74, 6) is -0.905. The van der Waals surface area contributed by atoms with Crippen LogP contribution in [0.2, 0.25) is 5.02 Å². The minimum Gasteiger partial charge on any atom is -0.452 e. The van der Waals surface area contributed by atoms with E-state index in [0.717, 1.165) is 16.8 Å². The maximum Gasteiger partial charge on any atom is 0.311 e. The van der Waals surface area contributed by atoms with E-state index >= 15 is 0 Å². The molecule has 1 aromatic heterocycles. The molecule has 0 unspecified atom stereocenters. The summed E-state index contributed by atoms with van der Waals surface area (Å²) >= 11 is 7.13. The summed E-state index contributed by atoms with van der Waals surface area (Å²) in [6.07, 6.45) is -0.849. The van der Waals surface area contributed by atoms with Crippen LogP contribution in [-0.4, -0.2) is 23.0 Å². The SMILES string of the molecule is C[C@@H](OC(=O)Cc1ccc(Cl)cc1)C(=O)Nc1nc(-c2ccccc2)cs1. The number of carbonyl (C=O) groups is 2. The fourth-order valence-corrected chi connectivity index (χ4v) is 3.19. The maximum atomic E-state index is 12.3. The molecular formula is C20H17ClN2O3S. The standard InChI is InChI=1S/C20H17ClN2O3S/c1-13(26-18(24)11-14-7-9-16(21)10-8-14)19(25)23-20-22-17(12-27-20)15-5-3-2-4-6-15/h2-10,12-13H,11H2,1H3,(H,22,23,25)/t13-/m1/s1. The first-order valence-corrected chi connectivity index (χ1v) is 9.53. The van der Waals surface area contributed by atoms with Crippen molar-refractivity contribution in [1.29, 1.82) is 0 Å². The van der Waals surface area contributed by atoms with Crippen molar-refractivity contribution in [3.8, 4) is 11.3 Å². The molecule has 2 aromatic carbocycles. The van der Waals surface area contributed by atoms with Crippen molar-refractivity contribution >= 4 is 39.9 Å². The van der Waals surface area contributed by atoms with Crippen molar-refractivity contribution in [2.75, 3.05) is 5.32 Å². The van der Waals surface area contributed by atoms with E-state index in [4.69, 9.17) is 16.3 Å². The largest absolute Gasteiger partial charge is 0.452 e. The van der Waals surface area contributed by atoms with E-state index in [1.807, 2.05) is 35.7 Å². The Labute approximate surface area is 166 Å². The summed E-state index contributed by atoms with van der Waals surface area (Å²) < 4.78 is 5.20. The van der Waals surface area contributed by atoms with Crippen LogP contribution in [0.25, 0.3) is 11.3 Å². The van der Waals surface area contributed by atoms with Crippen molar-refractivity contribution in [1.82, 2.24) is 4.98 Å². The lowest BCUT2D eigenvalue weighted by Crippen LogP contribution is -2.30. The molecule has 0 saturated heterocycles. The first kappa shape index (κ1) is 19.1. The second-order valence-corrected chi connectivity index (χ2v) is 7.12. The molecule has 1 N–H and O–H groups in total. The first-order valence-electron chi connectivity index (χ1n) is 8.27. The Morgan fingerprint density at radius 3 is 2.56 bits per heavy atom. The van der Waals surface area contributed by atoms with Gasteiger partial charge in [-0.05, 0) is 24.6 Å². The lowest BCUT2D eigenvalue weighted by atomic mass is 10.1. The van der Waals surface area contributed by atoms with Gasteiger partial charge in [-0.3, -0.25) is 14.9 Å². The van der Waals surface area contributed by atoms with Gasteiger partial charge in [0.1, 0.15) is 0 Å². The smallest absolute Gasteiger partial charge is 0.311 e. The van der Waals surface area contributed by atoms with Gasteiger partial charge < -0.3 is 4.74 Å². The Balaban J connectivity index is 1.54. The Morgan fingerprint density at radius 2 is 1.85 bits per heavy atom. The number of hydrogen-bond donors (Lipinski definition) is 1. The molecule has 138 valence electrons.